The van der Waals surface area contributed by atoms with Crippen LogP contribution in [-0.2, 0) is 0 Å². The molecule has 0 bridgehead atoms. The molecule has 1 aromatic heterocycles. The summed E-state index contributed by atoms with van der Waals surface area (Å²) in [6, 6.07) is 8.29. The molecule has 0 aliphatic carbocycles. The molecule has 0 amide bonds. The SMILES string of the molecule is C[C@@H](N)c1cncn1-c1ccc(N(C)C)cc1. The summed E-state index contributed by atoms with van der Waals surface area (Å²) in [5.41, 5.74) is 9.18. The van der Waals surface area contributed by atoms with Crippen molar-refractivity contribution in [3.8, 4) is 5.69 Å². The van der Waals surface area contributed by atoms with E-state index in [1.54, 1.807) is 6.33 Å². The van der Waals surface area contributed by atoms with Gasteiger partial charge in [-0.1, -0.05) is 0 Å². The van der Waals surface area contributed by atoms with Gasteiger partial charge in [0.25, 0.3) is 0 Å². The lowest BCUT2D eigenvalue weighted by Crippen LogP contribution is -2.11. The minimum Gasteiger partial charge on any atom is -0.378 e. The smallest absolute Gasteiger partial charge is 0.0994 e. The maximum atomic E-state index is 5.91. The van der Waals surface area contributed by atoms with Crippen molar-refractivity contribution in [3.63, 3.8) is 0 Å². The van der Waals surface area contributed by atoms with Gasteiger partial charge in [-0.3, -0.25) is 0 Å². The first-order valence-electron chi connectivity index (χ1n) is 5.65. The van der Waals surface area contributed by atoms with Crippen molar-refractivity contribution in [1.82, 2.24) is 9.55 Å². The zero-order valence-corrected chi connectivity index (χ0v) is 10.5. The number of imidazole rings is 1. The second-order valence-corrected chi connectivity index (χ2v) is 4.39. The van der Waals surface area contributed by atoms with Crippen LogP contribution >= 0.6 is 0 Å². The van der Waals surface area contributed by atoms with Crippen LogP contribution in [0.3, 0.4) is 0 Å². The summed E-state index contributed by atoms with van der Waals surface area (Å²) < 4.78 is 2.02. The zero-order valence-electron chi connectivity index (χ0n) is 10.5. The van der Waals surface area contributed by atoms with Gasteiger partial charge in [-0.25, -0.2) is 4.98 Å². The highest BCUT2D eigenvalue weighted by Gasteiger charge is 2.08. The molecule has 0 saturated heterocycles. The summed E-state index contributed by atoms with van der Waals surface area (Å²) in [7, 11) is 4.05. The van der Waals surface area contributed by atoms with Crippen LogP contribution in [0.2, 0.25) is 0 Å². The highest BCUT2D eigenvalue weighted by Crippen LogP contribution is 2.19. The zero-order chi connectivity index (χ0) is 12.4. The fourth-order valence-electron chi connectivity index (χ4n) is 1.77. The van der Waals surface area contributed by atoms with Crippen LogP contribution in [0.1, 0.15) is 18.7 Å². The third-order valence-electron chi connectivity index (χ3n) is 2.78. The Balaban J connectivity index is 2.37. The average Bonchev–Trinajstić information content (AvgIpc) is 2.78. The van der Waals surface area contributed by atoms with Crippen molar-refractivity contribution in [2.45, 2.75) is 13.0 Å². The van der Waals surface area contributed by atoms with Gasteiger partial charge in [-0.05, 0) is 31.2 Å². The largest absolute Gasteiger partial charge is 0.378 e. The lowest BCUT2D eigenvalue weighted by atomic mass is 10.2. The van der Waals surface area contributed by atoms with Gasteiger partial charge in [0.15, 0.2) is 0 Å². The normalized spacial score (nSPS) is 12.5. The van der Waals surface area contributed by atoms with E-state index < -0.39 is 0 Å². The van der Waals surface area contributed by atoms with Crippen molar-refractivity contribution < 1.29 is 0 Å². The summed E-state index contributed by atoms with van der Waals surface area (Å²) in [6.45, 7) is 1.96. The lowest BCUT2D eigenvalue weighted by Gasteiger charge is -2.14. The molecule has 0 aliphatic rings. The number of nitrogens with two attached hydrogens (primary N) is 1. The van der Waals surface area contributed by atoms with Gasteiger partial charge in [0.1, 0.15) is 0 Å². The molecule has 2 N–H and O–H groups in total. The molecule has 1 heterocycles. The number of aromatic nitrogens is 2. The number of hydrogen-bond donors (Lipinski definition) is 1. The summed E-state index contributed by atoms with van der Waals surface area (Å²) >= 11 is 0. The van der Waals surface area contributed by atoms with Crippen LogP contribution in [0.15, 0.2) is 36.8 Å². The van der Waals surface area contributed by atoms with Crippen LogP contribution in [0.4, 0.5) is 5.69 Å². The van der Waals surface area contributed by atoms with Crippen molar-refractivity contribution >= 4 is 5.69 Å². The Morgan fingerprint density at radius 2 is 1.88 bits per heavy atom. The summed E-state index contributed by atoms with van der Waals surface area (Å²) in [6.07, 6.45) is 3.61. The van der Waals surface area contributed by atoms with E-state index in [2.05, 4.69) is 34.1 Å². The minimum atomic E-state index is -0.0222. The molecule has 4 heteroatoms. The third-order valence-corrected chi connectivity index (χ3v) is 2.78. The van der Waals surface area contributed by atoms with Gasteiger partial charge < -0.3 is 15.2 Å². The molecule has 0 spiro atoms. The second kappa shape index (κ2) is 4.59. The Hall–Kier alpha value is -1.81. The Bertz CT molecular complexity index is 482. The van der Waals surface area contributed by atoms with E-state index in [0.717, 1.165) is 11.4 Å². The molecule has 0 radical (unpaired) electrons. The second-order valence-electron chi connectivity index (χ2n) is 4.39. The van der Waals surface area contributed by atoms with E-state index in [9.17, 15) is 0 Å². The first kappa shape index (κ1) is 11.7. The van der Waals surface area contributed by atoms with E-state index in [4.69, 9.17) is 5.73 Å². The molecule has 4 nitrogen and oxygen atoms in total. The lowest BCUT2D eigenvalue weighted by molar-refractivity contribution is 0.752. The topological polar surface area (TPSA) is 47.1 Å². The molecule has 0 unspecified atom stereocenters. The molecule has 90 valence electrons. The Morgan fingerprint density at radius 3 is 2.41 bits per heavy atom. The van der Waals surface area contributed by atoms with Crippen LogP contribution in [0, 0.1) is 0 Å². The number of hydrogen-bond acceptors (Lipinski definition) is 3. The summed E-state index contributed by atoms with van der Waals surface area (Å²) in [4.78, 5) is 6.22. The van der Waals surface area contributed by atoms with Gasteiger partial charge >= 0.3 is 0 Å². The maximum absolute atomic E-state index is 5.91. The molecule has 2 rings (SSSR count). The van der Waals surface area contributed by atoms with Gasteiger partial charge in [-0.2, -0.15) is 0 Å². The predicted molar refractivity (Wildman–Crippen MR) is 70.5 cm³/mol. The van der Waals surface area contributed by atoms with Gasteiger partial charge in [0, 0.05) is 31.5 Å². The van der Waals surface area contributed by atoms with Gasteiger partial charge in [0.2, 0.25) is 0 Å². The Morgan fingerprint density at radius 1 is 1.24 bits per heavy atom. The Kier molecular flexibility index (Phi) is 3.15. The molecule has 0 saturated carbocycles. The highest BCUT2D eigenvalue weighted by atomic mass is 15.1. The van der Waals surface area contributed by atoms with E-state index >= 15 is 0 Å². The number of anilines is 1. The molecule has 0 fully saturated rings. The van der Waals surface area contributed by atoms with E-state index in [0.29, 0.717) is 0 Å². The predicted octanol–water partition coefficient (Wildman–Crippen LogP) is 1.96. The fourth-order valence-corrected chi connectivity index (χ4v) is 1.77. The van der Waals surface area contributed by atoms with Crippen LogP contribution in [0.25, 0.3) is 5.69 Å². The number of benzene rings is 1. The summed E-state index contributed by atoms with van der Waals surface area (Å²) in [5, 5.41) is 0. The number of nitrogens with zero attached hydrogens (tertiary/aromatic N) is 3. The van der Waals surface area contributed by atoms with Crippen molar-refractivity contribution in [3.05, 3.63) is 42.5 Å². The first-order valence-corrected chi connectivity index (χ1v) is 5.65. The van der Waals surface area contributed by atoms with Crippen LogP contribution in [0.5, 0.6) is 0 Å². The molecule has 1 atom stereocenters. The average molecular weight is 230 g/mol. The molecule has 2 aromatic rings. The molecular formula is C13H18N4. The molecule has 17 heavy (non-hydrogen) atoms. The van der Waals surface area contributed by atoms with Crippen molar-refractivity contribution in [2.75, 3.05) is 19.0 Å². The fraction of sp³-hybridized carbons (Fsp3) is 0.308. The molecular weight excluding hydrogens is 212 g/mol. The number of rotatable bonds is 3. The van der Waals surface area contributed by atoms with E-state index in [-0.39, 0.29) is 6.04 Å². The Labute approximate surface area is 102 Å². The first-order chi connectivity index (χ1) is 8.09. The molecule has 1 aromatic carbocycles. The van der Waals surface area contributed by atoms with Gasteiger partial charge in [-0.15, -0.1) is 0 Å². The maximum Gasteiger partial charge on any atom is 0.0994 e. The van der Waals surface area contributed by atoms with Crippen molar-refractivity contribution in [1.29, 1.82) is 0 Å². The highest BCUT2D eigenvalue weighted by molar-refractivity contribution is 5.50. The standard InChI is InChI=1S/C13H18N4/c1-10(14)13-8-15-9-17(13)12-6-4-11(5-7-12)16(2)3/h4-10H,14H2,1-3H3/t10-/m1/s1. The van der Waals surface area contributed by atoms with Crippen LogP contribution < -0.4 is 10.6 Å². The van der Waals surface area contributed by atoms with E-state index in [1.165, 1.54) is 5.69 Å². The van der Waals surface area contributed by atoms with Gasteiger partial charge in [0.05, 0.1) is 18.2 Å². The van der Waals surface area contributed by atoms with Crippen LogP contribution in [-0.4, -0.2) is 23.6 Å². The minimum absolute atomic E-state index is 0.0222. The summed E-state index contributed by atoms with van der Waals surface area (Å²) in [5.74, 6) is 0. The molecule has 0 aliphatic heterocycles. The van der Waals surface area contributed by atoms with Crippen molar-refractivity contribution in [2.24, 2.45) is 5.73 Å². The third kappa shape index (κ3) is 2.31. The van der Waals surface area contributed by atoms with E-state index in [1.807, 2.05) is 31.8 Å². The quantitative estimate of drug-likeness (QED) is 0.876. The monoisotopic (exact) mass is 230 g/mol.